The first-order chi connectivity index (χ1) is 12.2. The Hall–Kier alpha value is -2.70. The van der Waals surface area contributed by atoms with Gasteiger partial charge in [-0.1, -0.05) is 13.8 Å². The van der Waals surface area contributed by atoms with Crippen molar-refractivity contribution in [3.63, 3.8) is 0 Å². The standard InChI is InChI=1S/C19H21F2N3O2/c1-10(2)15-9-12(4)24-16(15)18(25)23(5)17(22-24)14-7-6-13(8-11(14)3)26-19(20)21/h6-10,19H,1-5H3. The van der Waals surface area contributed by atoms with Gasteiger partial charge >= 0.3 is 6.61 Å². The molecule has 0 aliphatic rings. The Kier molecular flexibility index (Phi) is 4.56. The van der Waals surface area contributed by atoms with E-state index < -0.39 is 6.61 Å². The third-order valence-electron chi connectivity index (χ3n) is 4.49. The Morgan fingerprint density at radius 1 is 1.15 bits per heavy atom. The van der Waals surface area contributed by atoms with Gasteiger partial charge in [-0.25, -0.2) is 4.52 Å². The van der Waals surface area contributed by atoms with E-state index in [9.17, 15) is 13.6 Å². The number of nitrogens with zero attached hydrogens (tertiary/aromatic N) is 3. The van der Waals surface area contributed by atoms with Crippen molar-refractivity contribution < 1.29 is 13.5 Å². The molecule has 2 heterocycles. The summed E-state index contributed by atoms with van der Waals surface area (Å²) < 4.78 is 32.4. The van der Waals surface area contributed by atoms with E-state index in [-0.39, 0.29) is 17.2 Å². The molecular weight excluding hydrogens is 340 g/mol. The molecule has 3 aromatic rings. The Bertz CT molecular complexity index is 1040. The maximum absolute atomic E-state index is 13.0. The first-order valence-electron chi connectivity index (χ1n) is 8.35. The molecule has 7 heteroatoms. The van der Waals surface area contributed by atoms with Crippen molar-refractivity contribution in [3.05, 3.63) is 51.4 Å². The van der Waals surface area contributed by atoms with Gasteiger partial charge in [-0.3, -0.25) is 9.36 Å². The summed E-state index contributed by atoms with van der Waals surface area (Å²) in [6.07, 6.45) is 0. The molecule has 0 atom stereocenters. The summed E-state index contributed by atoms with van der Waals surface area (Å²) in [4.78, 5) is 13.0. The molecule has 0 unspecified atom stereocenters. The Labute approximate surface area is 149 Å². The minimum Gasteiger partial charge on any atom is -0.435 e. The monoisotopic (exact) mass is 361 g/mol. The van der Waals surface area contributed by atoms with Crippen LogP contribution in [0.4, 0.5) is 8.78 Å². The topological polar surface area (TPSA) is 48.5 Å². The van der Waals surface area contributed by atoms with Crippen LogP contribution in [0.3, 0.4) is 0 Å². The largest absolute Gasteiger partial charge is 0.435 e. The molecule has 3 rings (SSSR count). The summed E-state index contributed by atoms with van der Waals surface area (Å²) in [6, 6.07) is 6.58. The number of rotatable bonds is 4. The predicted octanol–water partition coefficient (Wildman–Crippen LogP) is 4.04. The summed E-state index contributed by atoms with van der Waals surface area (Å²) in [5, 5.41) is 4.65. The molecule has 138 valence electrons. The molecule has 0 spiro atoms. The van der Waals surface area contributed by atoms with Crippen LogP contribution in [0.2, 0.25) is 0 Å². The number of fused-ring (bicyclic) bond motifs is 1. The van der Waals surface area contributed by atoms with E-state index in [1.807, 2.05) is 26.8 Å². The molecule has 0 aliphatic carbocycles. The van der Waals surface area contributed by atoms with Gasteiger partial charge in [-0.05, 0) is 55.2 Å². The molecule has 0 N–H and O–H groups in total. The second-order valence-corrected chi connectivity index (χ2v) is 6.70. The lowest BCUT2D eigenvalue weighted by atomic mass is 10.1. The maximum Gasteiger partial charge on any atom is 0.387 e. The van der Waals surface area contributed by atoms with Crippen LogP contribution in [0.5, 0.6) is 5.75 Å². The number of ether oxygens (including phenoxy) is 1. The summed E-state index contributed by atoms with van der Waals surface area (Å²) >= 11 is 0. The number of aromatic nitrogens is 3. The quantitative estimate of drug-likeness (QED) is 0.705. The lowest BCUT2D eigenvalue weighted by Gasteiger charge is -2.13. The number of aryl methyl sites for hydroxylation is 2. The van der Waals surface area contributed by atoms with Gasteiger partial charge in [0.05, 0.1) is 0 Å². The zero-order valence-corrected chi connectivity index (χ0v) is 15.4. The molecule has 5 nitrogen and oxygen atoms in total. The van der Waals surface area contributed by atoms with Crippen molar-refractivity contribution in [2.24, 2.45) is 7.05 Å². The van der Waals surface area contributed by atoms with Crippen LogP contribution < -0.4 is 10.3 Å². The van der Waals surface area contributed by atoms with Gasteiger partial charge in [-0.15, -0.1) is 5.10 Å². The first-order valence-corrected chi connectivity index (χ1v) is 8.35. The van der Waals surface area contributed by atoms with Crippen LogP contribution >= 0.6 is 0 Å². The van der Waals surface area contributed by atoms with E-state index in [2.05, 4.69) is 9.84 Å². The Morgan fingerprint density at radius 2 is 1.85 bits per heavy atom. The van der Waals surface area contributed by atoms with Crippen molar-refractivity contribution in [1.29, 1.82) is 0 Å². The predicted molar refractivity (Wildman–Crippen MR) is 96.1 cm³/mol. The van der Waals surface area contributed by atoms with Crippen molar-refractivity contribution in [3.8, 4) is 17.1 Å². The maximum atomic E-state index is 13.0. The van der Waals surface area contributed by atoms with E-state index >= 15 is 0 Å². The molecular formula is C19H21F2N3O2. The van der Waals surface area contributed by atoms with Crippen LogP contribution in [0.25, 0.3) is 16.9 Å². The summed E-state index contributed by atoms with van der Waals surface area (Å²) in [7, 11) is 1.67. The van der Waals surface area contributed by atoms with Crippen LogP contribution in [-0.4, -0.2) is 20.8 Å². The highest BCUT2D eigenvalue weighted by Crippen LogP contribution is 2.27. The highest BCUT2D eigenvalue weighted by atomic mass is 19.3. The molecule has 26 heavy (non-hydrogen) atoms. The highest BCUT2D eigenvalue weighted by Gasteiger charge is 2.19. The van der Waals surface area contributed by atoms with Crippen LogP contribution in [0.15, 0.2) is 29.1 Å². The van der Waals surface area contributed by atoms with E-state index in [0.29, 0.717) is 22.5 Å². The van der Waals surface area contributed by atoms with E-state index in [1.54, 1.807) is 24.6 Å². The fourth-order valence-corrected chi connectivity index (χ4v) is 3.15. The van der Waals surface area contributed by atoms with Gasteiger partial charge in [0.2, 0.25) is 0 Å². The zero-order valence-electron chi connectivity index (χ0n) is 15.4. The minimum atomic E-state index is -2.88. The molecule has 0 saturated carbocycles. The van der Waals surface area contributed by atoms with Gasteiger partial charge < -0.3 is 4.74 Å². The number of benzene rings is 1. The fourth-order valence-electron chi connectivity index (χ4n) is 3.15. The number of hydrogen-bond acceptors (Lipinski definition) is 3. The van der Waals surface area contributed by atoms with Crippen molar-refractivity contribution in [2.75, 3.05) is 0 Å². The second-order valence-electron chi connectivity index (χ2n) is 6.70. The van der Waals surface area contributed by atoms with Crippen molar-refractivity contribution in [2.45, 2.75) is 40.2 Å². The van der Waals surface area contributed by atoms with Gasteiger partial charge in [0.15, 0.2) is 5.82 Å². The molecule has 0 radical (unpaired) electrons. The lowest BCUT2D eigenvalue weighted by molar-refractivity contribution is -0.0498. The van der Waals surface area contributed by atoms with Crippen LogP contribution in [-0.2, 0) is 7.05 Å². The molecule has 0 amide bonds. The Morgan fingerprint density at radius 3 is 2.42 bits per heavy atom. The van der Waals surface area contributed by atoms with Crippen LogP contribution in [0.1, 0.15) is 36.6 Å². The summed E-state index contributed by atoms with van der Waals surface area (Å²) in [5.74, 6) is 0.746. The number of hydrogen-bond donors (Lipinski definition) is 0. The van der Waals surface area contributed by atoms with Crippen LogP contribution in [0, 0.1) is 13.8 Å². The second kappa shape index (κ2) is 6.55. The average Bonchev–Trinajstić information content (AvgIpc) is 2.88. The molecule has 0 fully saturated rings. The normalized spacial score (nSPS) is 11.7. The number of alkyl halides is 2. The molecule has 2 aromatic heterocycles. The fraction of sp³-hybridized carbons (Fsp3) is 0.368. The highest BCUT2D eigenvalue weighted by molar-refractivity contribution is 5.64. The SMILES string of the molecule is Cc1cc(OC(F)F)ccc1-c1nn2c(C)cc(C(C)C)c2c(=O)n1C. The first kappa shape index (κ1) is 18.1. The van der Waals surface area contributed by atoms with E-state index in [0.717, 1.165) is 11.3 Å². The summed E-state index contributed by atoms with van der Waals surface area (Å²) in [6.45, 7) is 4.87. The zero-order chi connectivity index (χ0) is 19.2. The molecule has 1 aromatic carbocycles. The van der Waals surface area contributed by atoms with E-state index in [1.165, 1.54) is 16.7 Å². The third kappa shape index (κ3) is 2.98. The van der Waals surface area contributed by atoms with Gasteiger partial charge in [0.1, 0.15) is 11.3 Å². The third-order valence-corrected chi connectivity index (χ3v) is 4.49. The molecule has 0 bridgehead atoms. The minimum absolute atomic E-state index is 0.0755. The van der Waals surface area contributed by atoms with Gasteiger partial charge in [-0.2, -0.15) is 8.78 Å². The van der Waals surface area contributed by atoms with Gasteiger partial charge in [0, 0.05) is 18.3 Å². The van der Waals surface area contributed by atoms with Crippen molar-refractivity contribution in [1.82, 2.24) is 14.2 Å². The van der Waals surface area contributed by atoms with E-state index in [4.69, 9.17) is 0 Å². The smallest absolute Gasteiger partial charge is 0.387 e. The summed E-state index contributed by atoms with van der Waals surface area (Å²) in [5.41, 5.74) is 3.64. The Balaban J connectivity index is 2.22. The number of halogens is 2. The van der Waals surface area contributed by atoms with Gasteiger partial charge in [0.25, 0.3) is 5.56 Å². The molecule has 0 saturated heterocycles. The van der Waals surface area contributed by atoms with Crippen molar-refractivity contribution >= 4 is 5.52 Å². The molecule has 0 aliphatic heterocycles. The lowest BCUT2D eigenvalue weighted by Crippen LogP contribution is -2.24. The average molecular weight is 361 g/mol.